The minimum Gasteiger partial charge on any atom is -0.481 e. The molecule has 0 atom stereocenters. The Kier molecular flexibility index (Phi) is 9.00. The Bertz CT molecular complexity index is 1400. The molecule has 0 bridgehead atoms. The zero-order valence-corrected chi connectivity index (χ0v) is 21.4. The number of benzene rings is 3. The van der Waals surface area contributed by atoms with Gasteiger partial charge in [0.25, 0.3) is 11.8 Å². The van der Waals surface area contributed by atoms with Crippen LogP contribution in [0.5, 0.6) is 0 Å². The minimum atomic E-state index is -0.977. The first-order valence-electron chi connectivity index (χ1n) is 12.2. The quantitative estimate of drug-likeness (QED) is 0.263. The van der Waals surface area contributed by atoms with Gasteiger partial charge in [-0.05, 0) is 58.8 Å². The highest BCUT2D eigenvalue weighted by molar-refractivity contribution is 7.09. The first-order valence-corrected chi connectivity index (χ1v) is 13.0. The SMILES string of the molecule is O=C(O)CCN(CCc1cccs1)C(=O)c1ccccc1-c1ccccc1C(=O)NCc1ccc(F)cc1. The second-order valence-corrected chi connectivity index (χ2v) is 9.70. The summed E-state index contributed by atoms with van der Waals surface area (Å²) in [7, 11) is 0. The normalized spacial score (nSPS) is 10.7. The topological polar surface area (TPSA) is 86.7 Å². The average Bonchev–Trinajstić information content (AvgIpc) is 3.46. The van der Waals surface area contributed by atoms with Gasteiger partial charge in [0.2, 0.25) is 0 Å². The van der Waals surface area contributed by atoms with Crippen LogP contribution in [0, 0.1) is 5.82 Å². The molecule has 194 valence electrons. The summed E-state index contributed by atoms with van der Waals surface area (Å²) < 4.78 is 13.2. The van der Waals surface area contributed by atoms with Crippen molar-refractivity contribution in [3.8, 4) is 11.1 Å². The first-order chi connectivity index (χ1) is 18.4. The molecule has 0 fully saturated rings. The molecule has 4 rings (SSSR count). The van der Waals surface area contributed by atoms with Gasteiger partial charge in [-0.3, -0.25) is 14.4 Å². The smallest absolute Gasteiger partial charge is 0.305 e. The molecule has 0 aliphatic heterocycles. The number of rotatable bonds is 11. The molecule has 6 nitrogen and oxygen atoms in total. The highest BCUT2D eigenvalue weighted by atomic mass is 32.1. The van der Waals surface area contributed by atoms with Crippen LogP contribution in [-0.2, 0) is 17.8 Å². The second kappa shape index (κ2) is 12.8. The number of nitrogens with one attached hydrogen (secondary N) is 1. The lowest BCUT2D eigenvalue weighted by molar-refractivity contribution is -0.137. The van der Waals surface area contributed by atoms with Gasteiger partial charge in [-0.25, -0.2) is 4.39 Å². The summed E-state index contributed by atoms with van der Waals surface area (Å²) >= 11 is 1.59. The maximum atomic E-state index is 13.7. The van der Waals surface area contributed by atoms with Crippen molar-refractivity contribution in [3.05, 3.63) is 118 Å². The van der Waals surface area contributed by atoms with Crippen molar-refractivity contribution in [1.82, 2.24) is 10.2 Å². The third-order valence-corrected chi connectivity index (χ3v) is 7.01. The van der Waals surface area contributed by atoms with E-state index in [4.69, 9.17) is 0 Å². The zero-order valence-electron chi connectivity index (χ0n) is 20.6. The number of amides is 2. The number of carbonyl (C=O) groups is 3. The third-order valence-electron chi connectivity index (χ3n) is 6.08. The predicted octanol–water partition coefficient (Wildman–Crippen LogP) is 5.64. The van der Waals surface area contributed by atoms with E-state index < -0.39 is 5.97 Å². The summed E-state index contributed by atoms with van der Waals surface area (Å²) in [4.78, 5) is 40.8. The van der Waals surface area contributed by atoms with Crippen LogP contribution in [0.4, 0.5) is 4.39 Å². The molecule has 2 N–H and O–H groups in total. The monoisotopic (exact) mass is 530 g/mol. The highest BCUT2D eigenvalue weighted by Gasteiger charge is 2.22. The average molecular weight is 531 g/mol. The van der Waals surface area contributed by atoms with E-state index in [9.17, 15) is 23.9 Å². The number of thiophene rings is 1. The van der Waals surface area contributed by atoms with Gasteiger partial charge < -0.3 is 15.3 Å². The second-order valence-electron chi connectivity index (χ2n) is 8.67. The zero-order chi connectivity index (χ0) is 26.9. The van der Waals surface area contributed by atoms with Crippen molar-refractivity contribution in [2.45, 2.75) is 19.4 Å². The summed E-state index contributed by atoms with van der Waals surface area (Å²) in [5.41, 5.74) is 2.71. The maximum absolute atomic E-state index is 13.7. The molecule has 0 aliphatic carbocycles. The largest absolute Gasteiger partial charge is 0.481 e. The van der Waals surface area contributed by atoms with Gasteiger partial charge in [0, 0.05) is 35.6 Å². The molecule has 4 aromatic rings. The number of halogens is 1. The molecule has 0 aliphatic rings. The third kappa shape index (κ3) is 6.92. The number of hydrogen-bond acceptors (Lipinski definition) is 4. The van der Waals surface area contributed by atoms with Gasteiger partial charge in [-0.2, -0.15) is 0 Å². The van der Waals surface area contributed by atoms with Gasteiger partial charge >= 0.3 is 5.97 Å². The standard InChI is InChI=1S/C30H27FN2O4S/c31-22-13-11-21(12-14-22)20-32-29(36)26-9-3-1-7-24(26)25-8-2-4-10-27(25)30(37)33(18-16-28(34)35)17-15-23-6-5-19-38-23/h1-14,19H,15-18,20H2,(H,32,36)(H,34,35). The molecule has 1 aromatic heterocycles. The Balaban J connectivity index is 1.60. The van der Waals surface area contributed by atoms with Gasteiger partial charge in [-0.1, -0.05) is 54.6 Å². The fourth-order valence-electron chi connectivity index (χ4n) is 4.12. The molecule has 0 radical (unpaired) electrons. The lowest BCUT2D eigenvalue weighted by Gasteiger charge is -2.23. The Morgan fingerprint density at radius 3 is 2.13 bits per heavy atom. The van der Waals surface area contributed by atoms with Crippen LogP contribution in [-0.4, -0.2) is 40.9 Å². The minimum absolute atomic E-state index is 0.0771. The van der Waals surface area contributed by atoms with Crippen molar-refractivity contribution in [1.29, 1.82) is 0 Å². The van der Waals surface area contributed by atoms with E-state index in [-0.39, 0.29) is 37.1 Å². The van der Waals surface area contributed by atoms with Gasteiger partial charge in [0.05, 0.1) is 6.42 Å². The lowest BCUT2D eigenvalue weighted by Crippen LogP contribution is -2.35. The van der Waals surface area contributed by atoms with Crippen LogP contribution in [0.1, 0.15) is 37.6 Å². The Hall–Kier alpha value is -4.30. The van der Waals surface area contributed by atoms with Crippen LogP contribution in [0.3, 0.4) is 0 Å². The molecular weight excluding hydrogens is 503 g/mol. The van der Waals surface area contributed by atoms with Gasteiger partial charge in [-0.15, -0.1) is 11.3 Å². The summed E-state index contributed by atoms with van der Waals surface area (Å²) in [6, 6.07) is 23.9. The lowest BCUT2D eigenvalue weighted by atomic mass is 9.94. The van der Waals surface area contributed by atoms with Crippen LogP contribution < -0.4 is 5.32 Å². The van der Waals surface area contributed by atoms with Crippen molar-refractivity contribution in [2.24, 2.45) is 0 Å². The molecule has 1 heterocycles. The fraction of sp³-hybridized carbons (Fsp3) is 0.167. The Labute approximate surface area is 224 Å². The van der Waals surface area contributed by atoms with E-state index in [1.807, 2.05) is 17.5 Å². The van der Waals surface area contributed by atoms with E-state index in [0.29, 0.717) is 35.2 Å². The van der Waals surface area contributed by atoms with Gasteiger partial charge in [0.1, 0.15) is 5.82 Å². The van der Waals surface area contributed by atoms with Crippen LogP contribution >= 0.6 is 11.3 Å². The van der Waals surface area contributed by atoms with Crippen LogP contribution in [0.25, 0.3) is 11.1 Å². The molecule has 0 unspecified atom stereocenters. The van der Waals surface area contributed by atoms with Crippen molar-refractivity contribution in [2.75, 3.05) is 13.1 Å². The molecule has 8 heteroatoms. The van der Waals surface area contributed by atoms with E-state index in [2.05, 4.69) is 5.32 Å². The molecular formula is C30H27FN2O4S. The number of hydrogen-bond donors (Lipinski definition) is 2. The number of carboxylic acids is 1. The number of aliphatic carboxylic acids is 1. The molecule has 38 heavy (non-hydrogen) atoms. The maximum Gasteiger partial charge on any atom is 0.305 e. The Morgan fingerprint density at radius 1 is 0.816 bits per heavy atom. The molecule has 3 aromatic carbocycles. The molecule has 0 saturated carbocycles. The Morgan fingerprint density at radius 2 is 1.47 bits per heavy atom. The van der Waals surface area contributed by atoms with E-state index >= 15 is 0 Å². The summed E-state index contributed by atoms with van der Waals surface area (Å²) in [5.74, 6) is -1.94. The fourth-order valence-corrected chi connectivity index (χ4v) is 4.81. The number of carbonyl (C=O) groups excluding carboxylic acids is 2. The predicted molar refractivity (Wildman–Crippen MR) is 146 cm³/mol. The van der Waals surface area contributed by atoms with Crippen molar-refractivity contribution >= 4 is 29.1 Å². The van der Waals surface area contributed by atoms with Crippen LogP contribution in [0.2, 0.25) is 0 Å². The summed E-state index contributed by atoms with van der Waals surface area (Å²) in [6.07, 6.45) is 0.453. The van der Waals surface area contributed by atoms with E-state index in [1.165, 1.54) is 12.1 Å². The summed E-state index contributed by atoms with van der Waals surface area (Å²) in [6.45, 7) is 0.675. The first kappa shape index (κ1) is 26.8. The summed E-state index contributed by atoms with van der Waals surface area (Å²) in [5, 5.41) is 14.1. The van der Waals surface area contributed by atoms with Crippen molar-refractivity contribution in [3.63, 3.8) is 0 Å². The molecule has 2 amide bonds. The molecule has 0 saturated heterocycles. The molecule has 0 spiro atoms. The van der Waals surface area contributed by atoms with Crippen molar-refractivity contribution < 1.29 is 23.9 Å². The van der Waals surface area contributed by atoms with Crippen LogP contribution in [0.15, 0.2) is 90.3 Å². The van der Waals surface area contributed by atoms with E-state index in [0.717, 1.165) is 10.4 Å². The van der Waals surface area contributed by atoms with E-state index in [1.54, 1.807) is 76.9 Å². The number of carboxylic acid groups (broad SMARTS) is 1. The van der Waals surface area contributed by atoms with Gasteiger partial charge in [0.15, 0.2) is 0 Å². The number of nitrogens with zero attached hydrogens (tertiary/aromatic N) is 1. The highest BCUT2D eigenvalue weighted by Crippen LogP contribution is 2.28.